The normalized spacial score (nSPS) is 10.5. The van der Waals surface area contributed by atoms with E-state index in [2.05, 4.69) is 20.9 Å². The summed E-state index contributed by atoms with van der Waals surface area (Å²) in [6.07, 6.45) is 0.0114. The summed E-state index contributed by atoms with van der Waals surface area (Å²) >= 11 is 3.28. The van der Waals surface area contributed by atoms with Gasteiger partial charge in [-0.1, -0.05) is 15.9 Å². The molecule has 78 valence electrons. The summed E-state index contributed by atoms with van der Waals surface area (Å²) in [5.74, 6) is 0. The molecule has 1 aromatic carbocycles. The van der Waals surface area contributed by atoms with Crippen LogP contribution < -0.4 is 10.4 Å². The Bertz CT molecular complexity index is 550. The third-order valence-electron chi connectivity index (χ3n) is 1.84. The predicted octanol–water partition coefficient (Wildman–Crippen LogP) is 2.35. The lowest BCUT2D eigenvalue weighted by molar-refractivity contribution is 0.229. The molecule has 1 aromatic heterocycles. The molecule has 0 atom stereocenters. The Morgan fingerprint density at radius 3 is 3.07 bits per heavy atom. The van der Waals surface area contributed by atoms with Crippen LogP contribution in [0, 0.1) is 0 Å². The van der Waals surface area contributed by atoms with Crippen molar-refractivity contribution in [3.8, 4) is 6.08 Å². The van der Waals surface area contributed by atoms with E-state index in [0.717, 1.165) is 4.47 Å². The summed E-state index contributed by atoms with van der Waals surface area (Å²) in [7, 11) is 0. The maximum atomic E-state index is 11.5. The first-order valence-corrected chi connectivity index (χ1v) is 5.23. The number of hydrogen-bond acceptors (Lipinski definition) is 4. The highest BCUT2D eigenvalue weighted by Gasteiger charge is 2.06. The van der Waals surface area contributed by atoms with Crippen molar-refractivity contribution in [1.29, 1.82) is 0 Å². The lowest BCUT2D eigenvalue weighted by atomic mass is 10.2. The fraction of sp³-hybridized carbons (Fsp3) is 0.200. The number of aromatic nitrogens is 1. The van der Waals surface area contributed by atoms with Crippen LogP contribution in [0.2, 0.25) is 0 Å². The summed E-state index contributed by atoms with van der Waals surface area (Å²) < 4.78 is 10.7. The first-order chi connectivity index (χ1) is 7.20. The first kappa shape index (κ1) is 10.2. The average molecular weight is 270 g/mol. The van der Waals surface area contributed by atoms with Crippen LogP contribution in [0.15, 0.2) is 31.9 Å². The van der Waals surface area contributed by atoms with Crippen LogP contribution >= 0.6 is 15.9 Å². The van der Waals surface area contributed by atoms with Gasteiger partial charge in [0, 0.05) is 4.47 Å². The molecule has 2 rings (SSSR count). The molecule has 0 fully saturated rings. The van der Waals surface area contributed by atoms with Crippen LogP contribution in [0.1, 0.15) is 6.92 Å². The van der Waals surface area contributed by atoms with Gasteiger partial charge in [-0.3, -0.25) is 0 Å². The molecule has 0 aliphatic carbocycles. The Morgan fingerprint density at radius 2 is 2.33 bits per heavy atom. The first-order valence-electron chi connectivity index (χ1n) is 4.44. The summed E-state index contributed by atoms with van der Waals surface area (Å²) in [6.45, 7) is 2.21. The molecule has 0 aliphatic rings. The van der Waals surface area contributed by atoms with Gasteiger partial charge in [0.15, 0.2) is 0 Å². The van der Waals surface area contributed by atoms with Crippen molar-refractivity contribution < 1.29 is 9.15 Å². The van der Waals surface area contributed by atoms with Gasteiger partial charge >= 0.3 is 11.7 Å². The minimum absolute atomic E-state index is 0.0114. The highest BCUT2D eigenvalue weighted by atomic mass is 79.9. The summed E-state index contributed by atoms with van der Waals surface area (Å²) in [6, 6.07) is 5.22. The molecule has 0 radical (unpaired) electrons. The zero-order valence-corrected chi connectivity index (χ0v) is 9.58. The van der Waals surface area contributed by atoms with E-state index in [1.165, 1.54) is 0 Å². The third kappa shape index (κ3) is 2.02. The zero-order valence-electron chi connectivity index (χ0n) is 7.99. The van der Waals surface area contributed by atoms with E-state index in [1.54, 1.807) is 19.1 Å². The van der Waals surface area contributed by atoms with Crippen molar-refractivity contribution >= 4 is 26.8 Å². The Labute approximate surface area is 94.0 Å². The standard InChI is InChI=1S/C10H8BrNO3/c1-2-14-10-12-8-4-3-6(11)5-7(8)9(13)15-10/h3-5H,2H2,1H3. The van der Waals surface area contributed by atoms with Gasteiger partial charge in [-0.05, 0) is 25.1 Å². The van der Waals surface area contributed by atoms with Crippen molar-refractivity contribution in [2.24, 2.45) is 0 Å². The van der Waals surface area contributed by atoms with E-state index >= 15 is 0 Å². The van der Waals surface area contributed by atoms with E-state index in [-0.39, 0.29) is 6.08 Å². The van der Waals surface area contributed by atoms with Gasteiger partial charge < -0.3 is 9.15 Å². The minimum atomic E-state index is -0.440. The SMILES string of the molecule is CCOc1nc2ccc(Br)cc2c(=O)o1. The maximum Gasteiger partial charge on any atom is 0.397 e. The molecular formula is C10H8BrNO3. The fourth-order valence-electron chi connectivity index (χ4n) is 1.21. The second-order valence-electron chi connectivity index (χ2n) is 2.86. The molecule has 4 nitrogen and oxygen atoms in total. The monoisotopic (exact) mass is 269 g/mol. The van der Waals surface area contributed by atoms with Crippen LogP contribution in [0.25, 0.3) is 10.9 Å². The second-order valence-corrected chi connectivity index (χ2v) is 3.78. The van der Waals surface area contributed by atoms with Gasteiger partial charge in [0.25, 0.3) is 0 Å². The van der Waals surface area contributed by atoms with Crippen LogP contribution in [-0.4, -0.2) is 11.6 Å². The number of hydrogen-bond donors (Lipinski definition) is 0. The Kier molecular flexibility index (Phi) is 2.73. The molecular weight excluding hydrogens is 262 g/mol. The lowest BCUT2D eigenvalue weighted by Gasteiger charge is -2.01. The van der Waals surface area contributed by atoms with Crippen molar-refractivity contribution in [2.75, 3.05) is 6.61 Å². The minimum Gasteiger partial charge on any atom is -0.450 e. The molecule has 15 heavy (non-hydrogen) atoms. The average Bonchev–Trinajstić information content (AvgIpc) is 2.20. The maximum absolute atomic E-state index is 11.5. The topological polar surface area (TPSA) is 52.3 Å². The van der Waals surface area contributed by atoms with Gasteiger partial charge in [0.2, 0.25) is 0 Å². The fourth-order valence-corrected chi connectivity index (χ4v) is 1.57. The zero-order chi connectivity index (χ0) is 10.8. The molecule has 0 N–H and O–H groups in total. The lowest BCUT2D eigenvalue weighted by Crippen LogP contribution is -2.04. The van der Waals surface area contributed by atoms with Crippen LogP contribution in [0.4, 0.5) is 0 Å². The number of rotatable bonds is 2. The number of ether oxygens (including phenoxy) is 1. The molecule has 0 amide bonds. The predicted molar refractivity (Wildman–Crippen MR) is 59.1 cm³/mol. The van der Waals surface area contributed by atoms with Gasteiger partial charge in [0.05, 0.1) is 17.5 Å². The number of halogens is 1. The molecule has 0 bridgehead atoms. The third-order valence-corrected chi connectivity index (χ3v) is 2.33. The molecule has 0 spiro atoms. The molecule has 0 saturated carbocycles. The van der Waals surface area contributed by atoms with Crippen molar-refractivity contribution in [3.05, 3.63) is 33.1 Å². The Hall–Kier alpha value is -1.36. The summed E-state index contributed by atoms with van der Waals surface area (Å²) in [4.78, 5) is 15.6. The number of fused-ring (bicyclic) bond motifs is 1. The second kappa shape index (κ2) is 4.02. The van der Waals surface area contributed by atoms with E-state index in [4.69, 9.17) is 9.15 Å². The van der Waals surface area contributed by atoms with Crippen molar-refractivity contribution in [2.45, 2.75) is 6.92 Å². The molecule has 1 heterocycles. The van der Waals surface area contributed by atoms with Gasteiger partial charge in [-0.2, -0.15) is 4.98 Å². The van der Waals surface area contributed by atoms with Crippen molar-refractivity contribution in [3.63, 3.8) is 0 Å². The number of benzene rings is 1. The van der Waals surface area contributed by atoms with Crippen molar-refractivity contribution in [1.82, 2.24) is 4.98 Å². The van der Waals surface area contributed by atoms with Gasteiger partial charge in [-0.25, -0.2) is 4.79 Å². The summed E-state index contributed by atoms with van der Waals surface area (Å²) in [5, 5.41) is 0.438. The largest absolute Gasteiger partial charge is 0.450 e. The van der Waals surface area contributed by atoms with E-state index in [1.807, 2.05) is 6.07 Å². The Morgan fingerprint density at radius 1 is 1.53 bits per heavy atom. The highest BCUT2D eigenvalue weighted by Crippen LogP contribution is 2.17. The highest BCUT2D eigenvalue weighted by molar-refractivity contribution is 9.10. The molecule has 0 aliphatic heterocycles. The van der Waals surface area contributed by atoms with Gasteiger partial charge in [0.1, 0.15) is 0 Å². The molecule has 5 heteroatoms. The van der Waals surface area contributed by atoms with E-state index < -0.39 is 5.63 Å². The number of nitrogens with zero attached hydrogens (tertiary/aromatic N) is 1. The molecule has 0 saturated heterocycles. The smallest absolute Gasteiger partial charge is 0.397 e. The molecule has 0 unspecified atom stereocenters. The van der Waals surface area contributed by atoms with E-state index in [9.17, 15) is 4.79 Å². The van der Waals surface area contributed by atoms with E-state index in [0.29, 0.717) is 17.5 Å². The van der Waals surface area contributed by atoms with Gasteiger partial charge in [-0.15, -0.1) is 0 Å². The summed E-state index contributed by atoms with van der Waals surface area (Å²) in [5.41, 5.74) is 0.127. The Balaban J connectivity index is 2.67. The quantitative estimate of drug-likeness (QED) is 0.840. The molecule has 2 aromatic rings. The van der Waals surface area contributed by atoms with Crippen LogP contribution in [0.5, 0.6) is 6.08 Å². The van der Waals surface area contributed by atoms with Crippen LogP contribution in [-0.2, 0) is 0 Å². The van der Waals surface area contributed by atoms with Crippen LogP contribution in [0.3, 0.4) is 0 Å².